The number of hydrogen-bond acceptors (Lipinski definition) is 2. The number of aromatic amines is 1. The molecule has 0 aliphatic heterocycles. The van der Waals surface area contributed by atoms with E-state index in [1.807, 2.05) is 54.7 Å². The van der Waals surface area contributed by atoms with Crippen LogP contribution in [0.3, 0.4) is 0 Å². The second-order valence-electron chi connectivity index (χ2n) is 4.67. The van der Waals surface area contributed by atoms with Gasteiger partial charge < -0.3 is 16.0 Å². The first-order valence-corrected chi connectivity index (χ1v) is 6.43. The molecule has 2 aromatic carbocycles. The van der Waals surface area contributed by atoms with E-state index in [0.29, 0.717) is 12.1 Å². The molecular weight excluding hydrogens is 250 g/mol. The fourth-order valence-corrected chi connectivity index (χ4v) is 2.20. The summed E-state index contributed by atoms with van der Waals surface area (Å²) < 4.78 is 0. The van der Waals surface area contributed by atoms with Gasteiger partial charge >= 0.3 is 0 Å². The molecule has 4 nitrogen and oxygen atoms in total. The summed E-state index contributed by atoms with van der Waals surface area (Å²) in [5.41, 5.74) is 9.02. The van der Waals surface area contributed by atoms with E-state index in [2.05, 4.69) is 10.3 Å². The minimum atomic E-state index is -0.0768. The number of H-pyrrole nitrogens is 1. The molecular formula is C16H15N3O. The Balaban J connectivity index is 1.76. The van der Waals surface area contributed by atoms with Gasteiger partial charge in [0, 0.05) is 34.9 Å². The maximum Gasteiger partial charge on any atom is 0.252 e. The maximum atomic E-state index is 12.2. The molecule has 20 heavy (non-hydrogen) atoms. The molecule has 0 atom stereocenters. The molecule has 100 valence electrons. The number of nitrogen functional groups attached to an aromatic ring is 1. The Bertz CT molecular complexity index is 744. The summed E-state index contributed by atoms with van der Waals surface area (Å²) in [6.45, 7) is 0.486. The van der Waals surface area contributed by atoms with E-state index in [0.717, 1.165) is 22.2 Å². The van der Waals surface area contributed by atoms with E-state index in [9.17, 15) is 4.79 Å². The topological polar surface area (TPSA) is 70.9 Å². The first-order chi connectivity index (χ1) is 9.74. The molecule has 0 unspecified atom stereocenters. The van der Waals surface area contributed by atoms with Gasteiger partial charge in [-0.25, -0.2) is 0 Å². The van der Waals surface area contributed by atoms with Crippen LogP contribution in [0.4, 0.5) is 5.69 Å². The summed E-state index contributed by atoms with van der Waals surface area (Å²) in [5, 5.41) is 3.86. The number of hydrogen-bond donors (Lipinski definition) is 3. The van der Waals surface area contributed by atoms with Crippen molar-refractivity contribution in [3.8, 4) is 0 Å². The lowest BCUT2D eigenvalue weighted by Crippen LogP contribution is -2.22. The number of carbonyl (C=O) groups excluding carboxylic acids is 1. The van der Waals surface area contributed by atoms with Gasteiger partial charge in [-0.2, -0.15) is 0 Å². The van der Waals surface area contributed by atoms with Gasteiger partial charge in [0.25, 0.3) is 5.91 Å². The van der Waals surface area contributed by atoms with E-state index in [4.69, 9.17) is 5.73 Å². The van der Waals surface area contributed by atoms with Crippen LogP contribution in [-0.4, -0.2) is 10.9 Å². The Hall–Kier alpha value is -2.75. The van der Waals surface area contributed by atoms with Gasteiger partial charge in [0.05, 0.1) is 0 Å². The van der Waals surface area contributed by atoms with Crippen molar-refractivity contribution in [1.29, 1.82) is 0 Å². The largest absolute Gasteiger partial charge is 0.399 e. The number of amides is 1. The summed E-state index contributed by atoms with van der Waals surface area (Å²) >= 11 is 0. The Morgan fingerprint density at radius 3 is 2.70 bits per heavy atom. The second kappa shape index (κ2) is 5.09. The van der Waals surface area contributed by atoms with Crippen LogP contribution in [0.15, 0.2) is 54.7 Å². The molecule has 1 heterocycles. The van der Waals surface area contributed by atoms with Crippen molar-refractivity contribution in [2.24, 2.45) is 0 Å². The number of anilines is 1. The third kappa shape index (κ3) is 2.36. The van der Waals surface area contributed by atoms with Gasteiger partial charge in [0.2, 0.25) is 0 Å². The standard InChI is InChI=1S/C16H15N3O/c17-12-6-4-11(5-7-12)10-19-16(20)14-2-1-3-15-13(14)8-9-18-15/h1-9,18H,10,17H2,(H,19,20). The average molecular weight is 265 g/mol. The lowest BCUT2D eigenvalue weighted by Gasteiger charge is -2.07. The van der Waals surface area contributed by atoms with Crippen molar-refractivity contribution in [3.05, 3.63) is 65.9 Å². The zero-order valence-electron chi connectivity index (χ0n) is 10.9. The van der Waals surface area contributed by atoms with Crippen LogP contribution in [0.25, 0.3) is 10.9 Å². The Morgan fingerprint density at radius 2 is 1.90 bits per heavy atom. The van der Waals surface area contributed by atoms with Crippen LogP contribution in [0, 0.1) is 0 Å². The predicted molar refractivity (Wildman–Crippen MR) is 80.3 cm³/mol. The second-order valence-corrected chi connectivity index (χ2v) is 4.67. The van der Waals surface area contributed by atoms with Gasteiger partial charge in [-0.15, -0.1) is 0 Å². The highest BCUT2D eigenvalue weighted by Crippen LogP contribution is 2.17. The Kier molecular flexibility index (Phi) is 3.13. The van der Waals surface area contributed by atoms with Crippen LogP contribution >= 0.6 is 0 Å². The maximum absolute atomic E-state index is 12.2. The third-order valence-corrected chi connectivity index (χ3v) is 3.27. The minimum Gasteiger partial charge on any atom is -0.399 e. The van der Waals surface area contributed by atoms with Crippen molar-refractivity contribution in [3.63, 3.8) is 0 Å². The first kappa shape index (κ1) is 12.3. The molecule has 0 aliphatic carbocycles. The van der Waals surface area contributed by atoms with Crippen molar-refractivity contribution in [1.82, 2.24) is 10.3 Å². The number of aromatic nitrogens is 1. The summed E-state index contributed by atoms with van der Waals surface area (Å²) in [6, 6.07) is 15.0. The predicted octanol–water partition coefficient (Wildman–Crippen LogP) is 2.68. The quantitative estimate of drug-likeness (QED) is 0.637. The smallest absolute Gasteiger partial charge is 0.252 e. The lowest BCUT2D eigenvalue weighted by molar-refractivity contribution is 0.0952. The minimum absolute atomic E-state index is 0.0768. The highest BCUT2D eigenvalue weighted by atomic mass is 16.1. The number of carbonyl (C=O) groups is 1. The molecule has 0 spiro atoms. The molecule has 3 aromatic rings. The number of fused-ring (bicyclic) bond motifs is 1. The number of benzene rings is 2. The van der Waals surface area contributed by atoms with Crippen LogP contribution < -0.4 is 11.1 Å². The molecule has 0 radical (unpaired) electrons. The SMILES string of the molecule is Nc1ccc(CNC(=O)c2cccc3[nH]ccc23)cc1. The fourth-order valence-electron chi connectivity index (χ4n) is 2.20. The van der Waals surface area contributed by atoms with Gasteiger partial charge in [0.15, 0.2) is 0 Å². The summed E-state index contributed by atoms with van der Waals surface area (Å²) in [6.07, 6.45) is 1.83. The van der Waals surface area contributed by atoms with Gasteiger partial charge in [-0.1, -0.05) is 18.2 Å². The van der Waals surface area contributed by atoms with Gasteiger partial charge in [-0.3, -0.25) is 4.79 Å². The lowest BCUT2D eigenvalue weighted by atomic mass is 10.1. The third-order valence-electron chi connectivity index (χ3n) is 3.27. The van der Waals surface area contributed by atoms with E-state index >= 15 is 0 Å². The number of rotatable bonds is 3. The molecule has 0 saturated carbocycles. The summed E-state index contributed by atoms with van der Waals surface area (Å²) in [7, 11) is 0. The van der Waals surface area contributed by atoms with Crippen molar-refractivity contribution in [2.75, 3.05) is 5.73 Å². The van der Waals surface area contributed by atoms with E-state index in [1.54, 1.807) is 0 Å². The van der Waals surface area contributed by atoms with Gasteiger partial charge in [0.1, 0.15) is 0 Å². The summed E-state index contributed by atoms with van der Waals surface area (Å²) in [4.78, 5) is 15.3. The number of nitrogens with one attached hydrogen (secondary N) is 2. The van der Waals surface area contributed by atoms with Crippen LogP contribution in [0.5, 0.6) is 0 Å². The highest BCUT2D eigenvalue weighted by molar-refractivity contribution is 6.06. The first-order valence-electron chi connectivity index (χ1n) is 6.43. The van der Waals surface area contributed by atoms with Crippen molar-refractivity contribution >= 4 is 22.5 Å². The molecule has 3 rings (SSSR count). The zero-order valence-corrected chi connectivity index (χ0v) is 10.9. The molecule has 1 aromatic heterocycles. The van der Waals surface area contributed by atoms with Gasteiger partial charge in [-0.05, 0) is 35.9 Å². The Morgan fingerprint density at radius 1 is 1.10 bits per heavy atom. The zero-order chi connectivity index (χ0) is 13.9. The number of nitrogens with two attached hydrogens (primary N) is 1. The van der Waals surface area contributed by atoms with Crippen molar-refractivity contribution < 1.29 is 4.79 Å². The summed E-state index contributed by atoms with van der Waals surface area (Å²) in [5.74, 6) is -0.0768. The normalized spacial score (nSPS) is 10.6. The van der Waals surface area contributed by atoms with Crippen LogP contribution in [0.2, 0.25) is 0 Å². The van der Waals surface area contributed by atoms with E-state index in [1.165, 1.54) is 0 Å². The van der Waals surface area contributed by atoms with E-state index < -0.39 is 0 Å². The molecule has 0 saturated heterocycles. The molecule has 4 N–H and O–H groups in total. The average Bonchev–Trinajstić information content (AvgIpc) is 2.94. The highest BCUT2D eigenvalue weighted by Gasteiger charge is 2.09. The molecule has 0 bridgehead atoms. The molecule has 4 heteroatoms. The van der Waals surface area contributed by atoms with E-state index in [-0.39, 0.29) is 5.91 Å². The monoisotopic (exact) mass is 265 g/mol. The fraction of sp³-hybridized carbons (Fsp3) is 0.0625. The molecule has 0 fully saturated rings. The Labute approximate surface area is 116 Å². The van der Waals surface area contributed by atoms with Crippen molar-refractivity contribution in [2.45, 2.75) is 6.54 Å². The van der Waals surface area contributed by atoms with Crippen LogP contribution in [0.1, 0.15) is 15.9 Å². The molecule has 0 aliphatic rings. The van der Waals surface area contributed by atoms with Crippen LogP contribution in [-0.2, 0) is 6.54 Å². The molecule has 1 amide bonds.